The van der Waals surface area contributed by atoms with E-state index < -0.39 is 0 Å². The first-order valence-electron chi connectivity index (χ1n) is 8.78. The standard InChI is InChI=1S/C18H27N5O2/c1-18(2,3)15-10-19-16(25-15)12-23-7-5-14(6-8-23)21-17(24)13-9-20-22(4)11-13/h9-11,14H,5-8,12H2,1-4H3,(H,21,24). The molecule has 136 valence electrons. The highest BCUT2D eigenvalue weighted by atomic mass is 16.4. The van der Waals surface area contributed by atoms with Crippen LogP contribution in [-0.4, -0.2) is 44.7 Å². The van der Waals surface area contributed by atoms with Gasteiger partial charge in [0.25, 0.3) is 5.91 Å². The van der Waals surface area contributed by atoms with Gasteiger partial charge in [-0.1, -0.05) is 20.8 Å². The normalized spacial score (nSPS) is 17.0. The lowest BCUT2D eigenvalue weighted by atomic mass is 9.94. The largest absolute Gasteiger partial charge is 0.444 e. The second kappa shape index (κ2) is 7.00. The molecule has 1 N–H and O–H groups in total. The van der Waals surface area contributed by atoms with E-state index in [-0.39, 0.29) is 17.4 Å². The van der Waals surface area contributed by atoms with Gasteiger partial charge in [0.05, 0.1) is 24.5 Å². The molecule has 1 amide bonds. The molecule has 0 aromatic carbocycles. The summed E-state index contributed by atoms with van der Waals surface area (Å²) in [5.74, 6) is 1.64. The number of nitrogens with zero attached hydrogens (tertiary/aromatic N) is 4. The molecule has 0 spiro atoms. The summed E-state index contributed by atoms with van der Waals surface area (Å²) in [7, 11) is 1.81. The van der Waals surface area contributed by atoms with E-state index in [0.29, 0.717) is 5.56 Å². The van der Waals surface area contributed by atoms with Gasteiger partial charge in [0.2, 0.25) is 5.89 Å². The first kappa shape index (κ1) is 17.7. The zero-order valence-corrected chi connectivity index (χ0v) is 15.5. The molecule has 0 unspecified atom stereocenters. The Labute approximate surface area is 148 Å². The van der Waals surface area contributed by atoms with Gasteiger partial charge in [0, 0.05) is 37.8 Å². The summed E-state index contributed by atoms with van der Waals surface area (Å²) in [5, 5.41) is 7.14. The Hall–Kier alpha value is -2.15. The third-order valence-electron chi connectivity index (χ3n) is 4.54. The molecule has 2 aromatic rings. The van der Waals surface area contributed by atoms with Gasteiger partial charge in [-0.2, -0.15) is 5.10 Å². The van der Waals surface area contributed by atoms with Crippen LogP contribution in [0.4, 0.5) is 0 Å². The maximum absolute atomic E-state index is 12.2. The number of rotatable bonds is 4. The van der Waals surface area contributed by atoms with Gasteiger partial charge in [0.1, 0.15) is 5.76 Å². The molecule has 3 rings (SSSR count). The van der Waals surface area contributed by atoms with Crippen molar-refractivity contribution in [2.45, 2.75) is 51.6 Å². The number of hydrogen-bond donors (Lipinski definition) is 1. The average Bonchev–Trinajstić information content (AvgIpc) is 3.18. The molecule has 1 saturated heterocycles. The maximum Gasteiger partial charge on any atom is 0.254 e. The molecule has 1 aliphatic heterocycles. The molecule has 0 aliphatic carbocycles. The van der Waals surface area contributed by atoms with Crippen LogP contribution >= 0.6 is 0 Å². The summed E-state index contributed by atoms with van der Waals surface area (Å²) in [6, 6.07) is 0.207. The van der Waals surface area contributed by atoms with E-state index in [4.69, 9.17) is 4.42 Å². The number of carbonyl (C=O) groups excluding carboxylic acids is 1. The Morgan fingerprint density at radius 3 is 2.60 bits per heavy atom. The minimum atomic E-state index is -0.0472. The Kier molecular flexibility index (Phi) is 4.94. The number of likely N-dealkylation sites (tertiary alicyclic amines) is 1. The molecule has 25 heavy (non-hydrogen) atoms. The SMILES string of the molecule is Cn1cc(C(=O)NC2CCN(Cc3ncc(C(C)(C)C)o3)CC2)cn1. The van der Waals surface area contributed by atoms with E-state index in [1.165, 1.54) is 0 Å². The quantitative estimate of drug-likeness (QED) is 0.918. The number of amides is 1. The number of piperidine rings is 1. The van der Waals surface area contributed by atoms with Crippen molar-refractivity contribution < 1.29 is 9.21 Å². The summed E-state index contributed by atoms with van der Waals surface area (Å²) in [6.07, 6.45) is 7.02. The molecule has 0 bridgehead atoms. The fourth-order valence-corrected chi connectivity index (χ4v) is 2.96. The van der Waals surface area contributed by atoms with E-state index in [1.54, 1.807) is 17.1 Å². The van der Waals surface area contributed by atoms with Crippen molar-refractivity contribution in [2.75, 3.05) is 13.1 Å². The van der Waals surface area contributed by atoms with Gasteiger partial charge < -0.3 is 9.73 Å². The Morgan fingerprint density at radius 1 is 1.32 bits per heavy atom. The molecular weight excluding hydrogens is 318 g/mol. The van der Waals surface area contributed by atoms with Crippen LogP contribution in [0.25, 0.3) is 0 Å². The molecule has 7 nitrogen and oxygen atoms in total. The second-order valence-electron chi connectivity index (χ2n) is 7.79. The lowest BCUT2D eigenvalue weighted by molar-refractivity contribution is 0.0905. The Morgan fingerprint density at radius 2 is 2.04 bits per heavy atom. The van der Waals surface area contributed by atoms with Crippen molar-refractivity contribution in [1.29, 1.82) is 0 Å². The van der Waals surface area contributed by atoms with Crippen LogP contribution < -0.4 is 5.32 Å². The van der Waals surface area contributed by atoms with Crippen LogP contribution in [0.5, 0.6) is 0 Å². The lowest BCUT2D eigenvalue weighted by Crippen LogP contribution is -2.44. The van der Waals surface area contributed by atoms with Crippen molar-refractivity contribution in [3.05, 3.63) is 35.8 Å². The first-order valence-corrected chi connectivity index (χ1v) is 8.78. The molecule has 0 atom stereocenters. The fourth-order valence-electron chi connectivity index (χ4n) is 2.96. The van der Waals surface area contributed by atoms with Crippen LogP contribution in [0.15, 0.2) is 23.0 Å². The number of hydrogen-bond acceptors (Lipinski definition) is 5. The zero-order chi connectivity index (χ0) is 18.0. The summed E-state index contributed by atoms with van der Waals surface area (Å²) in [4.78, 5) is 18.9. The van der Waals surface area contributed by atoms with Crippen LogP contribution in [0.1, 0.15) is 55.6 Å². The van der Waals surface area contributed by atoms with Crippen molar-refractivity contribution in [1.82, 2.24) is 25.0 Å². The van der Waals surface area contributed by atoms with Crippen LogP contribution in [0.2, 0.25) is 0 Å². The molecular formula is C18H27N5O2. The van der Waals surface area contributed by atoms with Gasteiger partial charge in [-0.05, 0) is 12.8 Å². The van der Waals surface area contributed by atoms with E-state index >= 15 is 0 Å². The summed E-state index contributed by atoms with van der Waals surface area (Å²) < 4.78 is 7.51. The number of aryl methyl sites for hydroxylation is 1. The predicted molar refractivity (Wildman–Crippen MR) is 94.2 cm³/mol. The highest BCUT2D eigenvalue weighted by Crippen LogP contribution is 2.23. The maximum atomic E-state index is 12.2. The van der Waals surface area contributed by atoms with Crippen molar-refractivity contribution in [2.24, 2.45) is 7.05 Å². The van der Waals surface area contributed by atoms with Gasteiger partial charge in [-0.3, -0.25) is 14.4 Å². The first-order chi connectivity index (χ1) is 11.8. The average molecular weight is 345 g/mol. The predicted octanol–water partition coefficient (Wildman–Crippen LogP) is 2.10. The van der Waals surface area contributed by atoms with Gasteiger partial charge in [-0.25, -0.2) is 4.98 Å². The van der Waals surface area contributed by atoms with Gasteiger partial charge in [0.15, 0.2) is 0 Å². The van der Waals surface area contributed by atoms with Crippen LogP contribution in [-0.2, 0) is 19.0 Å². The fraction of sp³-hybridized carbons (Fsp3) is 0.611. The molecule has 1 fully saturated rings. The minimum Gasteiger partial charge on any atom is -0.444 e. The van der Waals surface area contributed by atoms with Crippen LogP contribution in [0.3, 0.4) is 0 Å². The lowest BCUT2D eigenvalue weighted by Gasteiger charge is -2.31. The third kappa shape index (κ3) is 4.48. The molecule has 0 radical (unpaired) electrons. The van der Waals surface area contributed by atoms with Crippen molar-refractivity contribution in [3.63, 3.8) is 0 Å². The van der Waals surface area contributed by atoms with Gasteiger partial charge >= 0.3 is 0 Å². The molecule has 3 heterocycles. The second-order valence-corrected chi connectivity index (χ2v) is 7.79. The van der Waals surface area contributed by atoms with E-state index in [9.17, 15) is 4.79 Å². The molecule has 2 aromatic heterocycles. The monoisotopic (exact) mass is 345 g/mol. The van der Waals surface area contributed by atoms with Crippen molar-refractivity contribution in [3.8, 4) is 0 Å². The summed E-state index contributed by atoms with van der Waals surface area (Å²) in [5.41, 5.74) is 0.592. The van der Waals surface area contributed by atoms with Crippen molar-refractivity contribution >= 4 is 5.91 Å². The van der Waals surface area contributed by atoms with E-state index in [0.717, 1.165) is 44.1 Å². The number of oxazole rings is 1. The van der Waals surface area contributed by atoms with Gasteiger partial charge in [-0.15, -0.1) is 0 Å². The number of aromatic nitrogens is 3. The Balaban J connectivity index is 1.47. The highest BCUT2D eigenvalue weighted by molar-refractivity contribution is 5.93. The topological polar surface area (TPSA) is 76.2 Å². The zero-order valence-electron chi connectivity index (χ0n) is 15.5. The number of nitrogens with one attached hydrogen (secondary N) is 1. The Bertz CT molecular complexity index is 720. The molecule has 0 saturated carbocycles. The smallest absolute Gasteiger partial charge is 0.254 e. The molecule has 1 aliphatic rings. The summed E-state index contributed by atoms with van der Waals surface area (Å²) in [6.45, 7) is 8.92. The third-order valence-corrected chi connectivity index (χ3v) is 4.54. The van der Waals surface area contributed by atoms with Crippen LogP contribution in [0, 0.1) is 0 Å². The van der Waals surface area contributed by atoms with E-state index in [2.05, 4.69) is 41.1 Å². The minimum absolute atomic E-state index is 0.0190. The molecule has 7 heteroatoms. The highest BCUT2D eigenvalue weighted by Gasteiger charge is 2.24. The summed E-state index contributed by atoms with van der Waals surface area (Å²) >= 11 is 0. The number of carbonyl (C=O) groups is 1. The van der Waals surface area contributed by atoms with E-state index in [1.807, 2.05) is 13.2 Å².